The molecule has 7 nitrogen and oxygen atoms in total. The molecule has 2 aliphatic heterocycles. The average Bonchev–Trinajstić information content (AvgIpc) is 3.98. The highest BCUT2D eigenvalue weighted by Gasteiger charge is 2.42. The van der Waals surface area contributed by atoms with E-state index in [4.69, 9.17) is 14.6 Å². The van der Waals surface area contributed by atoms with E-state index in [-0.39, 0.29) is 20.6 Å². The van der Waals surface area contributed by atoms with Gasteiger partial charge >= 0.3 is 5.97 Å². The summed E-state index contributed by atoms with van der Waals surface area (Å²) < 4.78 is 117. The van der Waals surface area contributed by atoms with Crippen molar-refractivity contribution in [2.24, 2.45) is 0 Å². The van der Waals surface area contributed by atoms with E-state index in [9.17, 15) is 50.1 Å². The van der Waals surface area contributed by atoms with E-state index in [1.165, 1.54) is 45.0 Å². The van der Waals surface area contributed by atoms with Crippen molar-refractivity contribution in [2.75, 3.05) is 26.4 Å². The lowest BCUT2D eigenvalue weighted by Crippen LogP contribution is -2.29. The summed E-state index contributed by atoms with van der Waals surface area (Å²) in [6, 6.07) is 12.3. The maximum Gasteiger partial charge on any atom is 0.302 e. The average molecular weight is 764 g/mol. The van der Waals surface area contributed by atoms with Crippen LogP contribution in [0, 0.1) is 46.5 Å². The van der Waals surface area contributed by atoms with Crippen LogP contribution in [-0.4, -0.2) is 47.7 Å². The molecule has 0 spiro atoms. The molecule has 0 aliphatic carbocycles. The van der Waals surface area contributed by atoms with Crippen molar-refractivity contribution < 1.29 is 72.3 Å². The van der Waals surface area contributed by atoms with E-state index in [1.54, 1.807) is 13.8 Å². The molecule has 4 aromatic carbocycles. The first kappa shape index (κ1) is 43.0. The Morgan fingerprint density at radius 1 is 0.642 bits per heavy atom. The number of ether oxygens (including phenoxy) is 3. The molecule has 0 amide bonds. The number of aliphatic hydroxyl groups is 3. The third kappa shape index (κ3) is 13.2. The van der Waals surface area contributed by atoms with Gasteiger partial charge in [-0.2, -0.15) is 0 Å². The van der Waals surface area contributed by atoms with Gasteiger partial charge in [0.25, 0.3) is 0 Å². The van der Waals surface area contributed by atoms with Crippen molar-refractivity contribution in [2.45, 2.75) is 57.0 Å². The zero-order valence-electron chi connectivity index (χ0n) is 29.3. The highest BCUT2D eigenvalue weighted by molar-refractivity contribution is 5.66. The SMILES string of the molecule is CC(=O)OC[C@](C)(O)c1cc(F)cc(F)c1.CC1(c2cc(F)cc(F)c2)CO1.C[C@](O)(CO)c1cc(F)cc(F)c1.C[C@]1(c2cc(F)cc(F)c2)CO1.[2HH].[HH]. The Morgan fingerprint density at radius 2 is 0.906 bits per heavy atom. The van der Waals surface area contributed by atoms with Crippen LogP contribution in [-0.2, 0) is 41.4 Å². The minimum absolute atomic E-state index is 0. The molecular formula is C38H42F8O7. The molecule has 2 saturated heterocycles. The first-order valence-corrected chi connectivity index (χ1v) is 15.8. The lowest BCUT2D eigenvalue weighted by molar-refractivity contribution is -0.148. The molecule has 4 aromatic rings. The number of rotatable bonds is 7. The second-order valence-electron chi connectivity index (χ2n) is 13.2. The second kappa shape index (κ2) is 17.2. The van der Waals surface area contributed by atoms with E-state index >= 15 is 0 Å². The molecule has 0 bridgehead atoms. The lowest BCUT2D eigenvalue weighted by Gasteiger charge is -2.23. The largest absolute Gasteiger partial charge is 0.462 e. The summed E-state index contributed by atoms with van der Waals surface area (Å²) in [6.07, 6.45) is 0. The maximum absolute atomic E-state index is 12.9. The van der Waals surface area contributed by atoms with E-state index in [0.29, 0.717) is 36.5 Å². The second-order valence-corrected chi connectivity index (χ2v) is 13.2. The Bertz CT molecular complexity index is 1760. The van der Waals surface area contributed by atoms with E-state index in [0.717, 1.165) is 36.4 Å². The van der Waals surface area contributed by atoms with Gasteiger partial charge in [0, 0.05) is 34.0 Å². The number of esters is 1. The topological polar surface area (TPSA) is 112 Å². The smallest absolute Gasteiger partial charge is 0.302 e. The molecule has 2 heterocycles. The first-order valence-electron chi connectivity index (χ1n) is 15.8. The molecule has 2 fully saturated rings. The molecular weight excluding hydrogens is 720 g/mol. The lowest BCUT2D eigenvalue weighted by atomic mass is 9.97. The highest BCUT2D eigenvalue weighted by Crippen LogP contribution is 2.39. The summed E-state index contributed by atoms with van der Waals surface area (Å²) in [5, 5.41) is 28.1. The summed E-state index contributed by atoms with van der Waals surface area (Å²) in [5.41, 5.74) is -2.96. The van der Waals surface area contributed by atoms with Crippen LogP contribution in [0.2, 0.25) is 0 Å². The summed E-state index contributed by atoms with van der Waals surface area (Å²) >= 11 is 0. The molecule has 0 radical (unpaired) electrons. The monoisotopic (exact) mass is 763 g/mol. The predicted octanol–water partition coefficient (Wildman–Crippen LogP) is 7.81. The van der Waals surface area contributed by atoms with Crippen LogP contribution in [0.4, 0.5) is 35.1 Å². The van der Waals surface area contributed by atoms with E-state index in [2.05, 4.69) is 4.74 Å². The quantitative estimate of drug-likeness (QED) is 0.100. The highest BCUT2D eigenvalue weighted by atomic mass is 19.2. The summed E-state index contributed by atoms with van der Waals surface area (Å²) in [7, 11) is 0. The van der Waals surface area contributed by atoms with Gasteiger partial charge in [-0.25, -0.2) is 35.1 Å². The van der Waals surface area contributed by atoms with Gasteiger partial charge in [-0.1, -0.05) is 0 Å². The Morgan fingerprint density at radius 3 is 1.15 bits per heavy atom. The van der Waals surface area contributed by atoms with Crippen LogP contribution in [0.25, 0.3) is 0 Å². The molecule has 15 heteroatoms. The minimum atomic E-state index is -1.62. The van der Waals surface area contributed by atoms with Gasteiger partial charge in [0.2, 0.25) is 0 Å². The third-order valence-electron chi connectivity index (χ3n) is 7.93. The molecule has 4 atom stereocenters. The summed E-state index contributed by atoms with van der Waals surface area (Å²) in [5.74, 6) is -5.92. The normalized spacial score (nSPS) is 20.5. The van der Waals surface area contributed by atoms with E-state index in [1.807, 2.05) is 0 Å². The molecule has 53 heavy (non-hydrogen) atoms. The molecule has 292 valence electrons. The number of hydrogen-bond acceptors (Lipinski definition) is 7. The van der Waals surface area contributed by atoms with Crippen molar-refractivity contribution >= 4 is 5.97 Å². The third-order valence-corrected chi connectivity index (χ3v) is 7.93. The number of hydrogen-bond donors (Lipinski definition) is 3. The molecule has 6 rings (SSSR count). The zero-order chi connectivity index (χ0) is 39.9. The molecule has 3 N–H and O–H groups in total. The van der Waals surface area contributed by atoms with Gasteiger partial charge in [0.15, 0.2) is 0 Å². The van der Waals surface area contributed by atoms with Crippen molar-refractivity contribution in [3.8, 4) is 0 Å². The molecule has 1 unspecified atom stereocenters. The van der Waals surface area contributed by atoms with Gasteiger partial charge in [-0.3, -0.25) is 4.79 Å². The van der Waals surface area contributed by atoms with Gasteiger partial charge in [0.05, 0.1) is 19.8 Å². The number of benzene rings is 4. The van der Waals surface area contributed by atoms with Gasteiger partial charge in [-0.15, -0.1) is 0 Å². The van der Waals surface area contributed by atoms with Crippen LogP contribution in [0.3, 0.4) is 0 Å². The Kier molecular flexibility index (Phi) is 13.9. The Hall–Kier alpha value is -4.41. The fraction of sp³-hybridized carbons (Fsp3) is 0.342. The fourth-order valence-electron chi connectivity index (χ4n) is 4.41. The number of carbonyl (C=O) groups is 1. The summed E-state index contributed by atoms with van der Waals surface area (Å²) in [4.78, 5) is 10.6. The minimum Gasteiger partial charge on any atom is -0.462 e. The first-order chi connectivity index (χ1) is 24.5. The maximum atomic E-state index is 12.9. The van der Waals surface area contributed by atoms with Crippen molar-refractivity contribution in [3.05, 3.63) is 142 Å². The number of halogens is 8. The van der Waals surface area contributed by atoms with Crippen LogP contribution in [0.5, 0.6) is 0 Å². The van der Waals surface area contributed by atoms with Crippen LogP contribution >= 0.6 is 0 Å². The molecule has 2 aliphatic rings. The zero-order valence-corrected chi connectivity index (χ0v) is 29.3. The van der Waals surface area contributed by atoms with Gasteiger partial charge in [0.1, 0.15) is 75.5 Å². The standard InChI is InChI=1S/C11H12F2O3.C9H10F2O2.2C9H8F2O.2H2/c1-7(14)16-6-11(2,15)8-3-9(12)5-10(13)4-8;1-9(13,5-12)6-2-7(10)4-8(11)3-6;2*1-9(5-12-9)6-2-7(10)4-8(11)3-6;;/h3-5,15H,6H2,1-2H3;2-4,12-13H,5H2,1H3;2*2-4H,5H2,1H3;2*1H/t11-;2*9-;;;/m001.../s1/i;;;;1+1;. The number of aliphatic hydroxyl groups excluding tert-OH is 1. The van der Waals surface area contributed by atoms with Crippen LogP contribution in [0.15, 0.2) is 72.8 Å². The van der Waals surface area contributed by atoms with Gasteiger partial charge in [-0.05, 0) is 98.5 Å². The van der Waals surface area contributed by atoms with Crippen molar-refractivity contribution in [3.63, 3.8) is 0 Å². The molecule has 0 saturated carbocycles. The molecule has 0 aromatic heterocycles. The van der Waals surface area contributed by atoms with E-state index < -0.39 is 81.5 Å². The van der Waals surface area contributed by atoms with Crippen LogP contribution in [0.1, 0.15) is 59.7 Å². The van der Waals surface area contributed by atoms with Gasteiger partial charge < -0.3 is 29.5 Å². The number of epoxide rings is 2. The number of carbonyl (C=O) groups excluding carboxylic acids is 1. The Labute approximate surface area is 303 Å². The van der Waals surface area contributed by atoms with Crippen molar-refractivity contribution in [1.82, 2.24) is 0 Å². The predicted molar refractivity (Wildman–Crippen MR) is 179 cm³/mol. The van der Waals surface area contributed by atoms with Crippen molar-refractivity contribution in [1.29, 1.82) is 0 Å². The van der Waals surface area contributed by atoms with Crippen LogP contribution < -0.4 is 0 Å². The summed E-state index contributed by atoms with van der Waals surface area (Å²) in [6.45, 7) is 7.52. The fourth-order valence-corrected chi connectivity index (χ4v) is 4.41. The Balaban J connectivity index is 0.000000364.